The van der Waals surface area contributed by atoms with Gasteiger partial charge in [-0.2, -0.15) is 0 Å². The molecule has 3 aromatic carbocycles. The molecular weight excluding hydrogens is 630 g/mol. The van der Waals surface area contributed by atoms with Crippen molar-refractivity contribution in [2.75, 3.05) is 20.3 Å². The lowest BCUT2D eigenvalue weighted by Gasteiger charge is -2.23. The molecule has 0 spiro atoms. The minimum Gasteiger partial charge on any atom is -0.490 e. The molecule has 0 saturated carbocycles. The number of fused-ring (bicyclic) bond motifs is 1. The second-order valence-corrected chi connectivity index (χ2v) is 11.3. The highest BCUT2D eigenvalue weighted by Gasteiger charge is 2.31. The summed E-state index contributed by atoms with van der Waals surface area (Å²) in [6, 6.07) is 13.7. The number of aromatic nitrogens is 1. The van der Waals surface area contributed by atoms with E-state index in [2.05, 4.69) is 4.99 Å². The first-order valence-electron chi connectivity index (χ1n) is 13.6. The number of esters is 1. The lowest BCUT2D eigenvalue weighted by atomic mass is 9.97. The molecular formula is C32H27Cl2FN2O6S. The largest absolute Gasteiger partial charge is 0.490 e. The number of halogens is 3. The van der Waals surface area contributed by atoms with Crippen LogP contribution in [0.15, 0.2) is 76.2 Å². The summed E-state index contributed by atoms with van der Waals surface area (Å²) in [5.41, 5.74) is 1.58. The van der Waals surface area contributed by atoms with Gasteiger partial charge in [0.25, 0.3) is 5.56 Å². The van der Waals surface area contributed by atoms with Crippen molar-refractivity contribution in [3.8, 4) is 17.2 Å². The number of benzene rings is 3. The van der Waals surface area contributed by atoms with Crippen LogP contribution < -0.4 is 29.1 Å². The summed E-state index contributed by atoms with van der Waals surface area (Å²) in [7, 11) is 1.27. The Morgan fingerprint density at radius 2 is 1.75 bits per heavy atom. The molecule has 12 heteroatoms. The molecule has 1 atom stereocenters. The smallest absolute Gasteiger partial charge is 0.337 e. The topological polar surface area (TPSA) is 88.4 Å². The molecule has 0 bridgehead atoms. The number of nitrogens with zero attached hydrogens (tertiary/aromatic N) is 2. The van der Waals surface area contributed by atoms with Crippen LogP contribution in [0.3, 0.4) is 0 Å². The van der Waals surface area contributed by atoms with Crippen molar-refractivity contribution in [3.05, 3.63) is 119 Å². The molecule has 5 rings (SSSR count). The molecule has 8 nitrogen and oxygen atoms in total. The molecule has 0 radical (unpaired) electrons. The lowest BCUT2D eigenvalue weighted by Crippen LogP contribution is -2.39. The number of thiazole rings is 1. The van der Waals surface area contributed by atoms with Gasteiger partial charge in [-0.3, -0.25) is 9.36 Å². The average Bonchev–Trinajstić information content (AvgIpc) is 3.31. The van der Waals surface area contributed by atoms with E-state index in [1.807, 2.05) is 13.8 Å². The first-order valence-corrected chi connectivity index (χ1v) is 15.2. The summed E-state index contributed by atoms with van der Waals surface area (Å²) in [6.07, 6.45) is 3.06. The minimum atomic E-state index is -0.832. The van der Waals surface area contributed by atoms with Gasteiger partial charge >= 0.3 is 5.97 Å². The third-order valence-corrected chi connectivity index (χ3v) is 8.16. The van der Waals surface area contributed by atoms with E-state index in [0.717, 1.165) is 11.3 Å². The number of ether oxygens (including phenoxy) is 4. The molecule has 1 aromatic heterocycles. The number of hydrogen-bond acceptors (Lipinski definition) is 8. The highest BCUT2D eigenvalue weighted by atomic mass is 35.5. The van der Waals surface area contributed by atoms with Crippen molar-refractivity contribution < 1.29 is 28.1 Å². The first kappa shape index (κ1) is 31.3. The summed E-state index contributed by atoms with van der Waals surface area (Å²) in [5.74, 6) is 0.274. The fourth-order valence-electron chi connectivity index (χ4n) is 4.72. The molecule has 2 heterocycles. The summed E-state index contributed by atoms with van der Waals surface area (Å²) < 4.78 is 37.6. The van der Waals surface area contributed by atoms with Crippen LogP contribution in [0.5, 0.6) is 17.2 Å². The highest BCUT2D eigenvalue weighted by molar-refractivity contribution is 7.07. The third kappa shape index (κ3) is 6.52. The quantitative estimate of drug-likeness (QED) is 0.199. The second-order valence-electron chi connectivity index (χ2n) is 9.48. The number of carbonyl (C=O) groups excluding carboxylic acids is 1. The fourth-order valence-corrected chi connectivity index (χ4v) is 6.30. The SMILES string of the molecule is CCOc1ccc([C@H]2C(C(=O)OC)=CN=c3s/c(=C\c4cc(Cl)c(OCc5cccc(F)c5)c(Cl)c4)c(=O)n32)cc1OCC. The van der Waals surface area contributed by atoms with Gasteiger partial charge in [-0.25, -0.2) is 14.2 Å². The Kier molecular flexibility index (Phi) is 9.73. The molecule has 0 N–H and O–H groups in total. The maximum Gasteiger partial charge on any atom is 0.337 e. The Balaban J connectivity index is 1.54. The van der Waals surface area contributed by atoms with Gasteiger partial charge in [0.2, 0.25) is 0 Å². The molecule has 0 fully saturated rings. The van der Waals surface area contributed by atoms with E-state index >= 15 is 0 Å². The van der Waals surface area contributed by atoms with E-state index in [9.17, 15) is 14.0 Å². The molecule has 0 saturated heterocycles. The van der Waals surface area contributed by atoms with Crippen LogP contribution in [0.2, 0.25) is 10.0 Å². The molecule has 44 heavy (non-hydrogen) atoms. The van der Waals surface area contributed by atoms with Crippen molar-refractivity contribution >= 4 is 46.6 Å². The van der Waals surface area contributed by atoms with Crippen LogP contribution in [-0.2, 0) is 16.1 Å². The molecule has 0 unspecified atom stereocenters. The normalized spacial score (nSPS) is 14.4. The van der Waals surface area contributed by atoms with Gasteiger partial charge in [0.05, 0.1) is 46.5 Å². The molecule has 228 valence electrons. The Bertz CT molecular complexity index is 1910. The predicted molar refractivity (Wildman–Crippen MR) is 167 cm³/mol. The van der Waals surface area contributed by atoms with Crippen LogP contribution in [0.25, 0.3) is 6.08 Å². The maximum absolute atomic E-state index is 13.9. The molecule has 0 amide bonds. The summed E-state index contributed by atoms with van der Waals surface area (Å²) >= 11 is 14.2. The molecule has 1 aliphatic heterocycles. The van der Waals surface area contributed by atoms with Crippen LogP contribution in [-0.4, -0.2) is 30.9 Å². The number of rotatable bonds is 10. The van der Waals surface area contributed by atoms with E-state index in [-0.39, 0.29) is 39.4 Å². The van der Waals surface area contributed by atoms with Crippen LogP contribution in [0.4, 0.5) is 4.39 Å². The van der Waals surface area contributed by atoms with Gasteiger partial charge in [-0.15, -0.1) is 0 Å². The maximum atomic E-state index is 13.9. The Hall–Kier alpha value is -4.12. The lowest BCUT2D eigenvalue weighted by molar-refractivity contribution is -0.136. The van der Waals surface area contributed by atoms with Crippen LogP contribution in [0, 0.1) is 5.82 Å². The van der Waals surface area contributed by atoms with Gasteiger partial charge in [0.1, 0.15) is 12.4 Å². The number of hydrogen-bond donors (Lipinski definition) is 0. The summed E-state index contributed by atoms with van der Waals surface area (Å²) in [4.78, 5) is 31.5. The van der Waals surface area contributed by atoms with Gasteiger partial charge < -0.3 is 18.9 Å². The van der Waals surface area contributed by atoms with Gasteiger partial charge in [-0.1, -0.05) is 52.7 Å². The molecule has 4 aromatic rings. The van der Waals surface area contributed by atoms with Crippen LogP contribution in [0.1, 0.15) is 36.6 Å². The Morgan fingerprint density at radius 3 is 2.43 bits per heavy atom. The van der Waals surface area contributed by atoms with E-state index in [0.29, 0.717) is 50.7 Å². The average molecular weight is 658 g/mol. The van der Waals surface area contributed by atoms with E-state index in [1.165, 1.54) is 30.0 Å². The van der Waals surface area contributed by atoms with Crippen molar-refractivity contribution in [2.24, 2.45) is 4.99 Å². The minimum absolute atomic E-state index is 0.0637. The van der Waals surface area contributed by atoms with Crippen molar-refractivity contribution in [2.45, 2.75) is 26.5 Å². The van der Waals surface area contributed by atoms with E-state index in [1.54, 1.807) is 48.5 Å². The number of carbonyl (C=O) groups is 1. The zero-order chi connectivity index (χ0) is 31.4. The summed E-state index contributed by atoms with van der Waals surface area (Å²) in [5, 5.41) is 0.438. The molecule has 0 aliphatic carbocycles. The second kappa shape index (κ2) is 13.7. The Labute approximate surface area is 266 Å². The monoisotopic (exact) mass is 656 g/mol. The standard InChI is InChI=1S/C32H27Cl2FN2O6S/c1-4-41-25-10-9-20(15-26(25)42-5-2)28-22(31(39)40-3)16-36-32-37(28)30(38)27(44-32)14-19-12-23(33)29(24(34)13-19)43-17-18-7-6-8-21(35)11-18/h6-16,28H,4-5,17H2,1-3H3/b27-14-/t28-/m0/s1. The zero-order valence-corrected chi connectivity index (χ0v) is 26.3. The van der Waals surface area contributed by atoms with Crippen molar-refractivity contribution in [1.29, 1.82) is 0 Å². The van der Waals surface area contributed by atoms with Gasteiger partial charge in [0.15, 0.2) is 22.0 Å². The predicted octanol–water partition coefficient (Wildman–Crippen LogP) is 5.84. The van der Waals surface area contributed by atoms with Gasteiger partial charge in [-0.05, 0) is 73.0 Å². The fraction of sp³-hybridized carbons (Fsp3) is 0.219. The highest BCUT2D eigenvalue weighted by Crippen LogP contribution is 2.36. The zero-order valence-electron chi connectivity index (χ0n) is 23.9. The molecule has 1 aliphatic rings. The summed E-state index contributed by atoms with van der Waals surface area (Å²) in [6.45, 7) is 4.62. The first-order chi connectivity index (χ1) is 21.2. The number of methoxy groups -OCH3 is 1. The third-order valence-electron chi connectivity index (χ3n) is 6.60. The van der Waals surface area contributed by atoms with Crippen molar-refractivity contribution in [1.82, 2.24) is 4.57 Å². The van der Waals surface area contributed by atoms with Gasteiger partial charge in [0, 0.05) is 6.20 Å². The Morgan fingerprint density at radius 1 is 1.02 bits per heavy atom. The van der Waals surface area contributed by atoms with E-state index in [4.69, 9.17) is 42.1 Å². The van der Waals surface area contributed by atoms with E-state index < -0.39 is 12.0 Å². The van der Waals surface area contributed by atoms with Crippen LogP contribution >= 0.6 is 34.5 Å². The van der Waals surface area contributed by atoms with Crippen molar-refractivity contribution in [3.63, 3.8) is 0 Å².